The SMILES string of the molecule is CC(CC(=O)N[C@@H](c1ccc2c(c1)nc([C@H](COC(C)(C)C(F)(F)F)N[S+]([O-])C(C)(C)C)n2COCC[Si](C)(C)C)C1CC1)C(F)F. The number of hydrogen-bond donors (Lipinski definition) is 2. The quantitative estimate of drug-likeness (QED) is 0.0757. The van der Waals surface area contributed by atoms with E-state index in [0.29, 0.717) is 23.5 Å². The molecule has 1 heterocycles. The van der Waals surface area contributed by atoms with Gasteiger partial charge in [-0.25, -0.2) is 13.8 Å². The number of ether oxygens (including phenoxy) is 2. The minimum atomic E-state index is -4.65. The summed E-state index contributed by atoms with van der Waals surface area (Å²) in [6, 6.07) is 4.93. The van der Waals surface area contributed by atoms with Crippen LogP contribution in [0.1, 0.15) is 84.3 Å². The number of imidazole rings is 1. The molecule has 47 heavy (non-hydrogen) atoms. The van der Waals surface area contributed by atoms with Gasteiger partial charge in [0.1, 0.15) is 23.3 Å². The zero-order chi connectivity index (χ0) is 35.5. The molecular formula is C32H51F5N4O4SSi. The third-order valence-corrected chi connectivity index (χ3v) is 11.5. The number of benzene rings is 1. The highest BCUT2D eigenvalue weighted by molar-refractivity contribution is 7.90. The number of nitrogens with one attached hydrogen (secondary N) is 2. The van der Waals surface area contributed by atoms with Crippen molar-refractivity contribution in [2.24, 2.45) is 11.8 Å². The first-order chi connectivity index (χ1) is 21.5. The molecule has 1 fully saturated rings. The lowest BCUT2D eigenvalue weighted by Crippen LogP contribution is -2.47. The summed E-state index contributed by atoms with van der Waals surface area (Å²) in [5.74, 6) is -1.11. The molecule has 2 N–H and O–H groups in total. The number of aromatic nitrogens is 2. The van der Waals surface area contributed by atoms with Gasteiger partial charge in [0.2, 0.25) is 12.3 Å². The molecule has 1 aliphatic carbocycles. The van der Waals surface area contributed by atoms with Crippen molar-refractivity contribution in [3.63, 3.8) is 0 Å². The van der Waals surface area contributed by atoms with Gasteiger partial charge >= 0.3 is 6.18 Å². The second-order valence-corrected chi connectivity index (χ2v) is 22.9. The average Bonchev–Trinajstić information content (AvgIpc) is 3.71. The van der Waals surface area contributed by atoms with E-state index in [9.17, 15) is 31.3 Å². The fourth-order valence-electron chi connectivity index (χ4n) is 4.65. The first-order valence-corrected chi connectivity index (χ1v) is 20.9. The van der Waals surface area contributed by atoms with Crippen LogP contribution >= 0.6 is 0 Å². The molecule has 2 aromatic rings. The highest BCUT2D eigenvalue weighted by Gasteiger charge is 2.49. The molecule has 8 nitrogen and oxygen atoms in total. The Morgan fingerprint density at radius 3 is 2.32 bits per heavy atom. The molecule has 4 atom stereocenters. The first kappa shape index (κ1) is 39.7. The molecule has 0 bridgehead atoms. The Labute approximate surface area is 279 Å². The Balaban J connectivity index is 2.05. The predicted molar refractivity (Wildman–Crippen MR) is 177 cm³/mol. The number of carbonyl (C=O) groups excluding carboxylic acids is 1. The standard InChI is InChI=1S/C32H51F5N4O4SSi/c1-20(28(33)34)16-26(42)39-27(21-10-11-21)22-12-13-25-23(17-22)38-29(41(25)19-44-14-15-47(7,8)9)24(40-46(43)30(2,3)4)18-45-31(5,6)32(35,36)37/h12-13,17,20-21,24,27-28,40H,10-11,14-16,18-19H2,1-9H3,(H,39,42)/t20?,24-,27+,46?/m0/s1. The van der Waals surface area contributed by atoms with Crippen molar-refractivity contribution in [3.8, 4) is 0 Å². The van der Waals surface area contributed by atoms with E-state index in [2.05, 4.69) is 29.7 Å². The van der Waals surface area contributed by atoms with Gasteiger partial charge in [-0.05, 0) is 77.1 Å². The lowest BCUT2D eigenvalue weighted by atomic mass is 10.0. The maximum Gasteiger partial charge on any atom is 0.416 e. The highest BCUT2D eigenvalue weighted by atomic mass is 32.2. The topological polar surface area (TPSA) is 100 Å². The largest absolute Gasteiger partial charge is 0.598 e. The van der Waals surface area contributed by atoms with Crippen molar-refractivity contribution in [1.82, 2.24) is 19.6 Å². The summed E-state index contributed by atoms with van der Waals surface area (Å²) < 4.78 is 96.3. The summed E-state index contributed by atoms with van der Waals surface area (Å²) >= 11 is -1.69. The molecule has 1 aliphatic rings. The lowest BCUT2D eigenvalue weighted by molar-refractivity contribution is -0.265. The molecule has 1 saturated carbocycles. The Morgan fingerprint density at radius 2 is 1.79 bits per heavy atom. The van der Waals surface area contributed by atoms with Crippen molar-refractivity contribution in [2.45, 2.75) is 128 Å². The molecule has 1 aromatic carbocycles. The summed E-state index contributed by atoms with van der Waals surface area (Å²) in [5.41, 5.74) is -0.611. The molecule has 2 unspecified atom stereocenters. The molecule has 1 amide bonds. The molecule has 15 heteroatoms. The Morgan fingerprint density at radius 1 is 1.15 bits per heavy atom. The summed E-state index contributed by atoms with van der Waals surface area (Å²) in [4.78, 5) is 17.5. The van der Waals surface area contributed by atoms with E-state index >= 15 is 0 Å². The number of fused-ring (bicyclic) bond motifs is 1. The number of alkyl halides is 5. The smallest absolute Gasteiger partial charge is 0.416 e. The van der Waals surface area contributed by atoms with Crippen LogP contribution in [0.3, 0.4) is 0 Å². The Hall–Kier alpha value is -1.78. The van der Waals surface area contributed by atoms with E-state index in [1.807, 2.05) is 12.1 Å². The van der Waals surface area contributed by atoms with E-state index in [1.54, 1.807) is 31.4 Å². The minimum Gasteiger partial charge on any atom is -0.598 e. The maximum atomic E-state index is 13.8. The van der Waals surface area contributed by atoms with Crippen molar-refractivity contribution in [3.05, 3.63) is 29.6 Å². The summed E-state index contributed by atoms with van der Waals surface area (Å²) in [6.45, 7) is 15.2. The number of hydrogen-bond acceptors (Lipinski definition) is 6. The predicted octanol–water partition coefficient (Wildman–Crippen LogP) is 7.66. The molecule has 1 aromatic heterocycles. The van der Waals surface area contributed by atoms with Crippen molar-refractivity contribution < 1.29 is 40.8 Å². The zero-order valence-electron chi connectivity index (χ0n) is 28.9. The number of amides is 1. The third kappa shape index (κ3) is 11.4. The van der Waals surface area contributed by atoms with Gasteiger partial charge in [0.05, 0.1) is 23.7 Å². The van der Waals surface area contributed by atoms with Gasteiger partial charge in [-0.15, -0.1) is 4.72 Å². The van der Waals surface area contributed by atoms with E-state index in [1.165, 1.54) is 6.92 Å². The molecule has 268 valence electrons. The van der Waals surface area contributed by atoms with Crippen LogP contribution in [-0.4, -0.2) is 64.2 Å². The van der Waals surface area contributed by atoms with Crippen LogP contribution < -0.4 is 10.0 Å². The van der Waals surface area contributed by atoms with E-state index in [4.69, 9.17) is 14.5 Å². The summed E-state index contributed by atoms with van der Waals surface area (Å²) in [6.07, 6.45) is -5.82. The van der Waals surface area contributed by atoms with Crippen LogP contribution in [-0.2, 0) is 32.4 Å². The van der Waals surface area contributed by atoms with Gasteiger partial charge < -0.3 is 23.9 Å². The van der Waals surface area contributed by atoms with Crippen LogP contribution in [0.2, 0.25) is 25.7 Å². The number of nitrogens with zero attached hydrogens (tertiary/aromatic N) is 2. The fraction of sp³-hybridized carbons (Fsp3) is 0.750. The first-order valence-electron chi connectivity index (χ1n) is 16.0. The Bertz CT molecular complexity index is 1340. The van der Waals surface area contributed by atoms with E-state index < -0.39 is 72.9 Å². The van der Waals surface area contributed by atoms with Crippen LogP contribution in [0.5, 0.6) is 0 Å². The number of rotatable bonds is 17. The van der Waals surface area contributed by atoms with Crippen LogP contribution in [0, 0.1) is 11.8 Å². The van der Waals surface area contributed by atoms with Gasteiger partial charge in [0.25, 0.3) is 0 Å². The van der Waals surface area contributed by atoms with Crippen LogP contribution in [0.15, 0.2) is 18.2 Å². The molecule has 3 rings (SSSR count). The van der Waals surface area contributed by atoms with Gasteiger partial charge in [0.15, 0.2) is 5.60 Å². The highest BCUT2D eigenvalue weighted by Crippen LogP contribution is 2.42. The second kappa shape index (κ2) is 15.4. The lowest BCUT2D eigenvalue weighted by Gasteiger charge is -2.32. The Kier molecular flexibility index (Phi) is 13.0. The molecular weight excluding hydrogens is 660 g/mol. The molecule has 0 radical (unpaired) electrons. The van der Waals surface area contributed by atoms with Crippen molar-refractivity contribution in [1.29, 1.82) is 0 Å². The van der Waals surface area contributed by atoms with Crippen molar-refractivity contribution >= 4 is 36.4 Å². The monoisotopic (exact) mass is 710 g/mol. The second-order valence-electron chi connectivity index (χ2n) is 15.3. The molecule has 0 spiro atoms. The summed E-state index contributed by atoms with van der Waals surface area (Å²) in [5, 5.41) is 2.93. The maximum absolute atomic E-state index is 13.8. The number of halogens is 5. The molecule has 0 saturated heterocycles. The zero-order valence-corrected chi connectivity index (χ0v) is 30.7. The van der Waals surface area contributed by atoms with Gasteiger partial charge in [-0.1, -0.05) is 32.6 Å². The fourth-order valence-corrected chi connectivity index (χ4v) is 6.19. The van der Waals surface area contributed by atoms with Gasteiger partial charge in [0, 0.05) is 38.4 Å². The number of carbonyl (C=O) groups is 1. The minimum absolute atomic E-state index is 0.0486. The average molecular weight is 711 g/mol. The normalized spacial score (nSPS) is 17.6. The van der Waals surface area contributed by atoms with Gasteiger partial charge in [-0.3, -0.25) is 4.79 Å². The summed E-state index contributed by atoms with van der Waals surface area (Å²) in [7, 11) is -1.42. The van der Waals surface area contributed by atoms with Crippen LogP contribution in [0.4, 0.5) is 22.0 Å². The molecule has 0 aliphatic heterocycles. The van der Waals surface area contributed by atoms with E-state index in [-0.39, 0.29) is 19.1 Å². The van der Waals surface area contributed by atoms with Gasteiger partial charge in [-0.2, -0.15) is 13.2 Å². The van der Waals surface area contributed by atoms with Crippen LogP contribution in [0.25, 0.3) is 11.0 Å². The third-order valence-electron chi connectivity index (χ3n) is 8.14. The van der Waals surface area contributed by atoms with E-state index in [0.717, 1.165) is 38.3 Å². The van der Waals surface area contributed by atoms with Crippen molar-refractivity contribution in [2.75, 3.05) is 13.2 Å².